The summed E-state index contributed by atoms with van der Waals surface area (Å²) in [6.45, 7) is 8.66. The van der Waals surface area contributed by atoms with Gasteiger partial charge >= 0.3 is 0 Å². The summed E-state index contributed by atoms with van der Waals surface area (Å²) in [5, 5.41) is 3.07. The van der Waals surface area contributed by atoms with E-state index in [2.05, 4.69) is 43.4 Å². The third-order valence-electron chi connectivity index (χ3n) is 4.47. The molecule has 2 rings (SSSR count). The van der Waals surface area contributed by atoms with Crippen molar-refractivity contribution in [2.24, 2.45) is 16.7 Å². The van der Waals surface area contributed by atoms with Crippen LogP contribution in [0.4, 0.5) is 5.82 Å². The number of anilines is 1. The number of nitrogens with zero attached hydrogens (tertiary/aromatic N) is 1. The summed E-state index contributed by atoms with van der Waals surface area (Å²) in [5.41, 5.74) is 3.26. The SMILES string of the molecule is CC1(C)C(NC(=O)c2ccnc(NN)c2)C1(C)C. The lowest BCUT2D eigenvalue weighted by atomic mass is 10.0. The van der Waals surface area contributed by atoms with Gasteiger partial charge in [-0.1, -0.05) is 27.7 Å². The van der Waals surface area contributed by atoms with E-state index in [0.29, 0.717) is 11.4 Å². The molecule has 1 heterocycles. The molecule has 1 saturated carbocycles. The van der Waals surface area contributed by atoms with Gasteiger partial charge in [0, 0.05) is 17.8 Å². The summed E-state index contributed by atoms with van der Waals surface area (Å²) in [6, 6.07) is 3.51. The lowest BCUT2D eigenvalue weighted by molar-refractivity contribution is 0.0943. The van der Waals surface area contributed by atoms with Crippen molar-refractivity contribution < 1.29 is 4.79 Å². The monoisotopic (exact) mass is 248 g/mol. The Kier molecular flexibility index (Phi) is 2.81. The van der Waals surface area contributed by atoms with Gasteiger partial charge in [-0.3, -0.25) is 4.79 Å². The third-order valence-corrected chi connectivity index (χ3v) is 4.47. The molecule has 5 heteroatoms. The molecule has 1 aliphatic rings. The summed E-state index contributed by atoms with van der Waals surface area (Å²) in [4.78, 5) is 16.1. The van der Waals surface area contributed by atoms with E-state index in [1.54, 1.807) is 18.3 Å². The maximum Gasteiger partial charge on any atom is 0.251 e. The fourth-order valence-corrected chi connectivity index (χ4v) is 2.42. The van der Waals surface area contributed by atoms with E-state index in [4.69, 9.17) is 5.84 Å². The fraction of sp³-hybridized carbons (Fsp3) is 0.538. The first kappa shape index (κ1) is 12.8. The van der Waals surface area contributed by atoms with Crippen molar-refractivity contribution in [3.05, 3.63) is 23.9 Å². The highest BCUT2D eigenvalue weighted by molar-refractivity contribution is 5.95. The zero-order chi connectivity index (χ0) is 13.6. The molecule has 4 N–H and O–H groups in total. The Hall–Kier alpha value is -1.62. The number of pyridine rings is 1. The topological polar surface area (TPSA) is 80.0 Å². The Labute approximate surface area is 107 Å². The van der Waals surface area contributed by atoms with Crippen LogP contribution in [0, 0.1) is 10.8 Å². The summed E-state index contributed by atoms with van der Waals surface area (Å²) in [6.07, 6.45) is 1.56. The first-order chi connectivity index (χ1) is 8.30. The highest BCUT2D eigenvalue weighted by Crippen LogP contribution is 2.62. The molecule has 1 aromatic rings. The zero-order valence-electron chi connectivity index (χ0n) is 11.2. The van der Waals surface area contributed by atoms with Gasteiger partial charge in [0.05, 0.1) is 0 Å². The van der Waals surface area contributed by atoms with Gasteiger partial charge in [0.25, 0.3) is 5.91 Å². The second kappa shape index (κ2) is 3.95. The number of nitrogens with two attached hydrogens (primary N) is 1. The minimum absolute atomic E-state index is 0.0856. The number of hydrazine groups is 1. The molecule has 0 atom stereocenters. The molecule has 0 bridgehead atoms. The molecule has 18 heavy (non-hydrogen) atoms. The third kappa shape index (κ3) is 1.84. The van der Waals surface area contributed by atoms with E-state index < -0.39 is 0 Å². The van der Waals surface area contributed by atoms with Crippen molar-refractivity contribution in [3.63, 3.8) is 0 Å². The number of amides is 1. The molecule has 1 aliphatic carbocycles. The standard InChI is InChI=1S/C13H20N4O/c1-12(2)11(13(12,3)4)16-10(18)8-5-6-15-9(7-8)17-14/h5-7,11H,14H2,1-4H3,(H,15,17)(H,16,18). The van der Waals surface area contributed by atoms with E-state index in [1.165, 1.54) is 0 Å². The quantitative estimate of drug-likeness (QED) is 0.560. The Morgan fingerprint density at radius 3 is 2.44 bits per heavy atom. The molecule has 0 saturated heterocycles. The van der Waals surface area contributed by atoms with Crippen LogP contribution in [-0.4, -0.2) is 16.9 Å². The van der Waals surface area contributed by atoms with Crippen molar-refractivity contribution >= 4 is 11.7 Å². The van der Waals surface area contributed by atoms with E-state index in [0.717, 1.165) is 0 Å². The fourth-order valence-electron chi connectivity index (χ4n) is 2.42. The van der Waals surface area contributed by atoms with Gasteiger partial charge in [-0.2, -0.15) is 0 Å². The van der Waals surface area contributed by atoms with E-state index >= 15 is 0 Å². The van der Waals surface area contributed by atoms with Crippen LogP contribution in [0.15, 0.2) is 18.3 Å². The van der Waals surface area contributed by atoms with Gasteiger partial charge in [-0.25, -0.2) is 10.8 Å². The number of nitrogens with one attached hydrogen (secondary N) is 2. The Bertz CT molecular complexity index is 468. The molecular weight excluding hydrogens is 228 g/mol. The van der Waals surface area contributed by atoms with Gasteiger partial charge in [-0.05, 0) is 23.0 Å². The predicted octanol–water partition coefficient (Wildman–Crippen LogP) is 1.53. The van der Waals surface area contributed by atoms with Crippen molar-refractivity contribution in [3.8, 4) is 0 Å². The number of rotatable bonds is 3. The minimum atomic E-state index is -0.0856. The molecule has 0 unspecified atom stereocenters. The smallest absolute Gasteiger partial charge is 0.251 e. The lowest BCUT2D eigenvalue weighted by Gasteiger charge is -2.07. The summed E-state index contributed by atoms with van der Waals surface area (Å²) in [5.74, 6) is 5.67. The average molecular weight is 248 g/mol. The largest absolute Gasteiger partial charge is 0.348 e. The molecule has 1 fully saturated rings. The van der Waals surface area contributed by atoms with Gasteiger partial charge in [-0.15, -0.1) is 0 Å². The maximum absolute atomic E-state index is 12.1. The number of carbonyl (C=O) groups excluding carboxylic acids is 1. The second-order valence-corrected chi connectivity index (χ2v) is 5.92. The summed E-state index contributed by atoms with van der Waals surface area (Å²) in [7, 11) is 0. The van der Waals surface area contributed by atoms with Gasteiger partial charge in [0.2, 0.25) is 0 Å². The zero-order valence-corrected chi connectivity index (χ0v) is 11.2. The van der Waals surface area contributed by atoms with Crippen molar-refractivity contribution in [1.82, 2.24) is 10.3 Å². The highest BCUT2D eigenvalue weighted by Gasteiger charge is 2.65. The Morgan fingerprint density at radius 2 is 1.94 bits per heavy atom. The van der Waals surface area contributed by atoms with Crippen molar-refractivity contribution in [2.45, 2.75) is 33.7 Å². The first-order valence-corrected chi connectivity index (χ1v) is 6.04. The summed E-state index contributed by atoms with van der Waals surface area (Å²) >= 11 is 0. The van der Waals surface area contributed by atoms with Gasteiger partial charge in [0.1, 0.15) is 5.82 Å². The molecule has 0 aliphatic heterocycles. The number of nitrogen functional groups attached to an aromatic ring is 1. The van der Waals surface area contributed by atoms with E-state index in [1.807, 2.05) is 0 Å². The van der Waals surface area contributed by atoms with E-state index in [9.17, 15) is 4.79 Å². The Morgan fingerprint density at radius 1 is 1.33 bits per heavy atom. The minimum Gasteiger partial charge on any atom is -0.348 e. The summed E-state index contributed by atoms with van der Waals surface area (Å²) < 4.78 is 0. The molecular formula is C13H20N4O. The first-order valence-electron chi connectivity index (χ1n) is 6.04. The van der Waals surface area contributed by atoms with Crippen LogP contribution < -0.4 is 16.6 Å². The van der Waals surface area contributed by atoms with Crippen molar-refractivity contribution in [2.75, 3.05) is 5.43 Å². The average Bonchev–Trinajstić information content (AvgIpc) is 2.71. The highest BCUT2D eigenvalue weighted by atomic mass is 16.1. The number of hydrogen-bond acceptors (Lipinski definition) is 4. The van der Waals surface area contributed by atoms with Crippen LogP contribution in [-0.2, 0) is 0 Å². The van der Waals surface area contributed by atoms with Crippen LogP contribution in [0.25, 0.3) is 0 Å². The lowest BCUT2D eigenvalue weighted by Crippen LogP contribution is -2.29. The molecule has 1 amide bonds. The van der Waals surface area contributed by atoms with Crippen LogP contribution in [0.1, 0.15) is 38.1 Å². The van der Waals surface area contributed by atoms with Crippen LogP contribution in [0.5, 0.6) is 0 Å². The van der Waals surface area contributed by atoms with Crippen LogP contribution >= 0.6 is 0 Å². The molecule has 1 aromatic heterocycles. The normalized spacial score (nSPS) is 20.3. The van der Waals surface area contributed by atoms with Crippen LogP contribution in [0.2, 0.25) is 0 Å². The number of carbonyl (C=O) groups is 1. The maximum atomic E-state index is 12.1. The van der Waals surface area contributed by atoms with Gasteiger partial charge < -0.3 is 10.7 Å². The Balaban J connectivity index is 2.10. The van der Waals surface area contributed by atoms with Gasteiger partial charge in [0.15, 0.2) is 0 Å². The molecule has 0 spiro atoms. The van der Waals surface area contributed by atoms with Crippen LogP contribution in [0.3, 0.4) is 0 Å². The predicted molar refractivity (Wildman–Crippen MR) is 70.9 cm³/mol. The molecule has 0 aromatic carbocycles. The molecule has 0 radical (unpaired) electrons. The van der Waals surface area contributed by atoms with E-state index in [-0.39, 0.29) is 22.8 Å². The molecule has 5 nitrogen and oxygen atoms in total. The number of aromatic nitrogens is 1. The number of hydrogen-bond donors (Lipinski definition) is 3. The van der Waals surface area contributed by atoms with Crippen molar-refractivity contribution in [1.29, 1.82) is 0 Å². The second-order valence-electron chi connectivity index (χ2n) is 5.92. The molecule has 98 valence electrons.